The van der Waals surface area contributed by atoms with Crippen LogP contribution in [0.15, 0.2) is 0 Å². The molecule has 0 radical (unpaired) electrons. The molecule has 6 heteroatoms. The van der Waals surface area contributed by atoms with Crippen LogP contribution in [0.5, 0.6) is 0 Å². The number of hydrogen-bond donors (Lipinski definition) is 2. The molecule has 0 aromatic heterocycles. The van der Waals surface area contributed by atoms with Gasteiger partial charge < -0.3 is 14.5 Å². The van der Waals surface area contributed by atoms with Crippen molar-refractivity contribution >= 4 is 7.82 Å². The van der Waals surface area contributed by atoms with Gasteiger partial charge >= 0.3 is 7.82 Å². The lowest BCUT2D eigenvalue weighted by atomic mass is 10.0. The van der Waals surface area contributed by atoms with Gasteiger partial charge in [0.1, 0.15) is 0 Å². The Morgan fingerprint density at radius 1 is 0.750 bits per heavy atom. The fourth-order valence-electron chi connectivity index (χ4n) is 2.86. The summed E-state index contributed by atoms with van der Waals surface area (Å²) in [4.78, 5) is 17.2. The Morgan fingerprint density at radius 3 is 1.79 bits per heavy atom. The van der Waals surface area contributed by atoms with Crippen LogP contribution >= 0.6 is 7.82 Å². The third kappa shape index (κ3) is 18.4. The van der Waals surface area contributed by atoms with Crippen molar-refractivity contribution in [2.45, 2.75) is 103 Å². The Kier molecular flexibility index (Phi) is 16.6. The SMILES string of the molecule is CCCCCCCCCCCCC(CCC)OCCOP(=O)(O)O. The fourth-order valence-corrected chi connectivity index (χ4v) is 3.18. The Hall–Kier alpha value is 0.0700. The van der Waals surface area contributed by atoms with Gasteiger partial charge in [-0.25, -0.2) is 4.57 Å². The highest BCUT2D eigenvalue weighted by Crippen LogP contribution is 2.35. The van der Waals surface area contributed by atoms with Crippen LogP contribution in [0.2, 0.25) is 0 Å². The van der Waals surface area contributed by atoms with Crippen LogP contribution in [-0.4, -0.2) is 29.1 Å². The number of unbranched alkanes of at least 4 members (excludes halogenated alkanes) is 9. The highest BCUT2D eigenvalue weighted by molar-refractivity contribution is 7.46. The van der Waals surface area contributed by atoms with Crippen molar-refractivity contribution in [3.8, 4) is 0 Å². The van der Waals surface area contributed by atoms with E-state index in [1.165, 1.54) is 64.2 Å². The van der Waals surface area contributed by atoms with Gasteiger partial charge in [-0.15, -0.1) is 0 Å². The predicted molar refractivity (Wildman–Crippen MR) is 99.1 cm³/mol. The minimum Gasteiger partial charge on any atom is -0.376 e. The molecule has 24 heavy (non-hydrogen) atoms. The summed E-state index contributed by atoms with van der Waals surface area (Å²) in [5.74, 6) is 0. The second-order valence-corrected chi connectivity index (χ2v) is 7.82. The molecule has 0 fully saturated rings. The van der Waals surface area contributed by atoms with E-state index < -0.39 is 7.82 Å². The van der Waals surface area contributed by atoms with Crippen LogP contribution in [0.1, 0.15) is 97.3 Å². The van der Waals surface area contributed by atoms with Gasteiger partial charge in [0, 0.05) is 0 Å². The van der Waals surface area contributed by atoms with E-state index in [1.807, 2.05) is 0 Å². The van der Waals surface area contributed by atoms with Crippen LogP contribution < -0.4 is 0 Å². The van der Waals surface area contributed by atoms with Gasteiger partial charge in [-0.2, -0.15) is 0 Å². The van der Waals surface area contributed by atoms with Crippen molar-refractivity contribution in [2.24, 2.45) is 0 Å². The smallest absolute Gasteiger partial charge is 0.376 e. The first kappa shape index (κ1) is 24.1. The molecule has 0 amide bonds. The van der Waals surface area contributed by atoms with E-state index in [-0.39, 0.29) is 19.3 Å². The van der Waals surface area contributed by atoms with Crippen molar-refractivity contribution in [3.63, 3.8) is 0 Å². The van der Waals surface area contributed by atoms with E-state index in [2.05, 4.69) is 18.4 Å². The molecule has 2 N–H and O–H groups in total. The highest BCUT2D eigenvalue weighted by Gasteiger charge is 2.14. The first-order valence-corrected chi connectivity index (χ1v) is 11.3. The Balaban J connectivity index is 3.52. The second kappa shape index (κ2) is 16.5. The summed E-state index contributed by atoms with van der Waals surface area (Å²) in [6.07, 6.45) is 16.5. The average molecular weight is 366 g/mol. The van der Waals surface area contributed by atoms with Gasteiger partial charge in [-0.3, -0.25) is 4.52 Å². The quantitative estimate of drug-likeness (QED) is 0.244. The van der Waals surface area contributed by atoms with Gasteiger partial charge in [0.15, 0.2) is 0 Å². The van der Waals surface area contributed by atoms with Crippen molar-refractivity contribution in [2.75, 3.05) is 13.2 Å². The first-order valence-electron chi connectivity index (χ1n) is 9.81. The largest absolute Gasteiger partial charge is 0.469 e. The second-order valence-electron chi connectivity index (χ2n) is 6.58. The molecule has 0 aromatic rings. The summed E-state index contributed by atoms with van der Waals surface area (Å²) < 4.78 is 20.7. The molecule has 0 rings (SSSR count). The van der Waals surface area contributed by atoms with Crippen molar-refractivity contribution in [1.82, 2.24) is 0 Å². The summed E-state index contributed by atoms with van der Waals surface area (Å²) in [6, 6.07) is 0. The topological polar surface area (TPSA) is 76.0 Å². The number of phosphoric acid groups is 1. The Bertz CT molecular complexity index is 306. The number of hydrogen-bond acceptors (Lipinski definition) is 3. The molecule has 1 atom stereocenters. The number of phosphoric ester groups is 1. The number of rotatable bonds is 18. The van der Waals surface area contributed by atoms with E-state index >= 15 is 0 Å². The molecule has 0 heterocycles. The molecule has 0 aliphatic rings. The summed E-state index contributed by atoms with van der Waals surface area (Å²) >= 11 is 0. The third-order valence-electron chi connectivity index (χ3n) is 4.19. The zero-order valence-electron chi connectivity index (χ0n) is 15.8. The normalized spacial score (nSPS) is 13.3. The van der Waals surface area contributed by atoms with E-state index in [0.29, 0.717) is 0 Å². The molecular weight excluding hydrogens is 327 g/mol. The zero-order chi connectivity index (χ0) is 18.1. The van der Waals surface area contributed by atoms with Gasteiger partial charge in [0.25, 0.3) is 0 Å². The Labute approximate surface area is 148 Å². The van der Waals surface area contributed by atoms with Gasteiger partial charge in [0.05, 0.1) is 19.3 Å². The molecule has 0 saturated carbocycles. The standard InChI is InChI=1S/C18H39O5P/c1-3-5-6-7-8-9-10-11-12-13-15-18(14-4-2)22-16-17-23-24(19,20)21/h18H,3-17H2,1-2H3,(H2,19,20,21). The van der Waals surface area contributed by atoms with Crippen molar-refractivity contribution in [3.05, 3.63) is 0 Å². The molecule has 0 spiro atoms. The molecule has 0 saturated heterocycles. The maximum absolute atomic E-state index is 10.6. The molecule has 0 bridgehead atoms. The molecule has 1 unspecified atom stereocenters. The van der Waals surface area contributed by atoms with Gasteiger partial charge in [0.2, 0.25) is 0 Å². The lowest BCUT2D eigenvalue weighted by molar-refractivity contribution is 0.0169. The van der Waals surface area contributed by atoms with Gasteiger partial charge in [-0.05, 0) is 12.8 Å². The lowest BCUT2D eigenvalue weighted by Gasteiger charge is -2.17. The monoisotopic (exact) mass is 366 g/mol. The van der Waals surface area contributed by atoms with E-state index in [9.17, 15) is 4.57 Å². The van der Waals surface area contributed by atoms with Crippen molar-refractivity contribution in [1.29, 1.82) is 0 Å². The molecule has 5 nitrogen and oxygen atoms in total. The predicted octanol–water partition coefficient (Wildman–Crippen LogP) is 5.59. The molecule has 0 aliphatic heterocycles. The molecular formula is C18H39O5P. The average Bonchev–Trinajstić information content (AvgIpc) is 2.52. The maximum Gasteiger partial charge on any atom is 0.469 e. The van der Waals surface area contributed by atoms with Crippen LogP contribution in [0.4, 0.5) is 0 Å². The minimum atomic E-state index is -4.37. The highest BCUT2D eigenvalue weighted by atomic mass is 31.2. The van der Waals surface area contributed by atoms with Crippen LogP contribution in [0.25, 0.3) is 0 Å². The summed E-state index contributed by atoms with van der Waals surface area (Å²) in [6.45, 7) is 4.57. The van der Waals surface area contributed by atoms with Crippen LogP contribution in [0, 0.1) is 0 Å². The molecule has 0 aliphatic carbocycles. The molecule has 146 valence electrons. The lowest BCUT2D eigenvalue weighted by Crippen LogP contribution is -2.16. The van der Waals surface area contributed by atoms with Crippen LogP contribution in [-0.2, 0) is 13.8 Å². The van der Waals surface area contributed by atoms with E-state index in [1.54, 1.807) is 0 Å². The fraction of sp³-hybridized carbons (Fsp3) is 1.00. The summed E-state index contributed by atoms with van der Waals surface area (Å²) in [7, 11) is -4.37. The van der Waals surface area contributed by atoms with Gasteiger partial charge in [-0.1, -0.05) is 84.5 Å². The minimum absolute atomic E-state index is 0.0531. The number of ether oxygens (including phenoxy) is 1. The Morgan fingerprint density at radius 2 is 1.29 bits per heavy atom. The van der Waals surface area contributed by atoms with Crippen molar-refractivity contribution < 1.29 is 23.6 Å². The van der Waals surface area contributed by atoms with E-state index in [4.69, 9.17) is 14.5 Å². The first-order chi connectivity index (χ1) is 11.5. The van der Waals surface area contributed by atoms with E-state index in [0.717, 1.165) is 19.3 Å². The summed E-state index contributed by atoms with van der Waals surface area (Å²) in [5, 5.41) is 0. The van der Waals surface area contributed by atoms with Crippen LogP contribution in [0.3, 0.4) is 0 Å². The third-order valence-corrected chi connectivity index (χ3v) is 4.71. The zero-order valence-corrected chi connectivity index (χ0v) is 16.6. The maximum atomic E-state index is 10.6. The molecule has 0 aromatic carbocycles. The summed E-state index contributed by atoms with van der Waals surface area (Å²) in [5.41, 5.74) is 0.